The SMILES string of the molecule is Cc1ccc(NC(=O)c2cc(Cl)cc(-c3ccccc3)c2O)cc1Cl.O=C(Nc1ccc(-c2ccccc2)c(Cl)c1)c1cc(Cl)cc(-c2ccccc2)c1O.O=C(Nc1ccc(C(F)(F)F)cc1)c1ccc(Br)c(Cl)c1O.O=C(Nc1ccccc1Cl)c1cc(Cl)cc(-c2ccccc2)c1O. The average molecular weight is 1560 g/mol. The van der Waals surface area contributed by atoms with Gasteiger partial charge in [0.25, 0.3) is 23.6 Å². The molecule has 12 rings (SSSR count). The van der Waals surface area contributed by atoms with Crippen LogP contribution in [-0.2, 0) is 6.18 Å². The molecule has 0 saturated carbocycles. The van der Waals surface area contributed by atoms with Crippen LogP contribution in [-0.4, -0.2) is 44.1 Å². The van der Waals surface area contributed by atoms with Gasteiger partial charge in [0.2, 0.25) is 0 Å². The number of benzene rings is 12. The number of phenolic OH excluding ortho intramolecular Hbond substituents is 4. The van der Waals surface area contributed by atoms with Gasteiger partial charge < -0.3 is 41.7 Å². The first-order valence-corrected chi connectivity index (χ1v) is 33.4. The summed E-state index contributed by atoms with van der Waals surface area (Å²) in [6.07, 6.45) is -4.44. The summed E-state index contributed by atoms with van der Waals surface area (Å²) in [5, 5.41) is 54.7. The summed E-state index contributed by atoms with van der Waals surface area (Å²) in [5.74, 6) is -2.91. The normalized spacial score (nSPS) is 10.7. The molecule has 12 aromatic carbocycles. The number of hydrogen-bond donors (Lipinski definition) is 8. The molecule has 0 aromatic heterocycles. The maximum atomic E-state index is 12.9. The van der Waals surface area contributed by atoms with Crippen LogP contribution in [0.5, 0.6) is 23.0 Å². The quantitative estimate of drug-likeness (QED) is 0.0591. The van der Waals surface area contributed by atoms with E-state index in [0.717, 1.165) is 57.6 Å². The highest BCUT2D eigenvalue weighted by Crippen LogP contribution is 2.41. The fourth-order valence-corrected chi connectivity index (χ4v) is 11.6. The fraction of sp³-hybridized carbons (Fsp3) is 0.0256. The molecule has 12 aromatic rings. The van der Waals surface area contributed by atoms with E-state index in [1.165, 1.54) is 30.3 Å². The number of hydrogen-bond acceptors (Lipinski definition) is 8. The molecule has 0 saturated heterocycles. The number of carbonyl (C=O) groups is 4. The third-order valence-electron chi connectivity index (χ3n) is 14.9. The van der Waals surface area contributed by atoms with E-state index in [9.17, 15) is 52.8 Å². The number of phenols is 4. The van der Waals surface area contributed by atoms with Gasteiger partial charge in [-0.1, -0.05) is 227 Å². The second-order valence-corrected chi connectivity index (χ2v) is 25.6. The van der Waals surface area contributed by atoms with Crippen molar-refractivity contribution in [3.8, 4) is 67.5 Å². The molecule has 12 nitrogen and oxygen atoms in total. The number of carbonyl (C=O) groups excluding carboxylic acids is 4. The molecule has 0 atom stereocenters. The molecule has 0 heterocycles. The molecule has 0 unspecified atom stereocenters. The van der Waals surface area contributed by atoms with Crippen LogP contribution >= 0.6 is 97.1 Å². The third-order valence-corrected chi connectivity index (χ3v) is 17.8. The van der Waals surface area contributed by atoms with Crippen molar-refractivity contribution in [1.29, 1.82) is 0 Å². The number of rotatable bonds is 12. The Morgan fingerprint density at radius 1 is 0.347 bits per heavy atom. The zero-order valence-corrected chi connectivity index (χ0v) is 59.2. The maximum absolute atomic E-state index is 12.9. The molecule has 23 heteroatoms. The Hall–Kier alpha value is -9.98. The summed E-state index contributed by atoms with van der Waals surface area (Å²) in [6.45, 7) is 1.88. The number of aromatic hydroxyl groups is 4. The largest absolute Gasteiger partial charge is 0.506 e. The van der Waals surface area contributed by atoms with E-state index in [2.05, 4.69) is 37.2 Å². The first-order chi connectivity index (χ1) is 48.2. The molecule has 0 fully saturated rings. The minimum Gasteiger partial charge on any atom is -0.506 e. The predicted molar refractivity (Wildman–Crippen MR) is 404 cm³/mol. The lowest BCUT2D eigenvalue weighted by Gasteiger charge is -2.13. The van der Waals surface area contributed by atoms with Crippen LogP contribution < -0.4 is 21.3 Å². The van der Waals surface area contributed by atoms with Gasteiger partial charge in [-0.25, -0.2) is 0 Å². The van der Waals surface area contributed by atoms with Gasteiger partial charge in [-0.05, 0) is 160 Å². The first kappa shape index (κ1) is 75.2. The molecule has 4 amide bonds. The number of halogens is 11. The van der Waals surface area contributed by atoms with Gasteiger partial charge in [-0.3, -0.25) is 19.2 Å². The van der Waals surface area contributed by atoms with Crippen molar-refractivity contribution in [3.63, 3.8) is 0 Å². The summed E-state index contributed by atoms with van der Waals surface area (Å²) in [7, 11) is 0. The lowest BCUT2D eigenvalue weighted by atomic mass is 10.0. The number of anilines is 4. The second-order valence-electron chi connectivity index (χ2n) is 21.8. The maximum Gasteiger partial charge on any atom is 0.416 e. The van der Waals surface area contributed by atoms with Crippen molar-refractivity contribution in [2.75, 3.05) is 21.3 Å². The van der Waals surface area contributed by atoms with E-state index in [0.29, 0.717) is 68.4 Å². The predicted octanol–water partition coefficient (Wildman–Crippen LogP) is 23.9. The first-order valence-electron chi connectivity index (χ1n) is 29.9. The highest BCUT2D eigenvalue weighted by Gasteiger charge is 2.30. The Morgan fingerprint density at radius 2 is 0.703 bits per heavy atom. The molecule has 0 bridgehead atoms. The van der Waals surface area contributed by atoms with E-state index < -0.39 is 41.1 Å². The summed E-state index contributed by atoms with van der Waals surface area (Å²) < 4.78 is 37.7. The standard InChI is InChI=1S/C25H17Cl2NO2.C20H15Cl2NO2.C19H13Cl2NO2.C14H8BrClF3NO2/c26-18-13-21(17-9-5-2-6-10-17)24(29)22(14-18)25(30)28-19-11-12-20(23(27)15-19)16-7-3-1-4-8-16;1-12-7-8-15(11-18(12)22)23-20(25)17-10-14(21)9-16(19(17)24)13-5-3-2-4-6-13;20-13-10-14(12-6-2-1-3-7-12)18(23)15(11-13)19(24)22-17-9-5-4-8-16(17)21;15-10-6-5-9(12(21)11(10)16)13(22)20-8-3-1-7(2-4-8)14(17,18)19/h1-15,29H,(H,28,30);2-11,24H,1H3,(H,23,25);1-11,23H,(H,22,24);1-6,21H,(H,20,22). The van der Waals surface area contributed by atoms with Gasteiger partial charge in [0, 0.05) is 63.9 Å². The average Bonchev–Trinajstić information content (AvgIpc) is 0.816. The van der Waals surface area contributed by atoms with Crippen molar-refractivity contribution in [2.45, 2.75) is 13.1 Å². The van der Waals surface area contributed by atoms with Crippen molar-refractivity contribution in [3.05, 3.63) is 328 Å². The molecule has 0 aliphatic heterocycles. The van der Waals surface area contributed by atoms with Crippen molar-refractivity contribution in [1.82, 2.24) is 0 Å². The van der Waals surface area contributed by atoms with Gasteiger partial charge in [0.15, 0.2) is 0 Å². The van der Waals surface area contributed by atoms with E-state index in [4.69, 9.17) is 81.2 Å². The van der Waals surface area contributed by atoms with E-state index in [1.807, 2.05) is 140 Å². The molecule has 0 radical (unpaired) electrons. The molecular weight excluding hydrogens is 1510 g/mol. The summed E-state index contributed by atoms with van der Waals surface area (Å²) in [4.78, 5) is 50.0. The third kappa shape index (κ3) is 19.7. The lowest BCUT2D eigenvalue weighted by Crippen LogP contribution is -2.12. The number of alkyl halides is 3. The monoisotopic (exact) mass is 1550 g/mol. The van der Waals surface area contributed by atoms with Crippen LogP contribution in [0.4, 0.5) is 35.9 Å². The smallest absolute Gasteiger partial charge is 0.416 e. The molecule has 8 N–H and O–H groups in total. The van der Waals surface area contributed by atoms with E-state index >= 15 is 0 Å². The summed E-state index contributed by atoms with van der Waals surface area (Å²) >= 11 is 46.0. The topological polar surface area (TPSA) is 197 Å². The molecule has 0 spiro atoms. The molecule has 510 valence electrons. The zero-order valence-electron chi connectivity index (χ0n) is 52.3. The minimum absolute atomic E-state index is 0.0277. The van der Waals surface area contributed by atoms with Gasteiger partial charge in [0.1, 0.15) is 23.0 Å². The Balaban J connectivity index is 0.000000158. The highest BCUT2D eigenvalue weighted by atomic mass is 79.9. The van der Waals surface area contributed by atoms with Crippen molar-refractivity contribution in [2.24, 2.45) is 0 Å². The summed E-state index contributed by atoms with van der Waals surface area (Å²) in [5.41, 5.74) is 7.61. The van der Waals surface area contributed by atoms with Crippen molar-refractivity contribution < 1.29 is 52.8 Å². The van der Waals surface area contributed by atoms with Crippen LogP contribution in [0.25, 0.3) is 44.5 Å². The van der Waals surface area contributed by atoms with Crippen LogP contribution in [0.2, 0.25) is 35.2 Å². The number of nitrogens with one attached hydrogen (secondary N) is 4. The lowest BCUT2D eigenvalue weighted by molar-refractivity contribution is -0.137. The fourth-order valence-electron chi connectivity index (χ4n) is 9.76. The van der Waals surface area contributed by atoms with Crippen LogP contribution in [0, 0.1) is 6.92 Å². The molecule has 101 heavy (non-hydrogen) atoms. The van der Waals surface area contributed by atoms with Crippen molar-refractivity contribution >= 4 is 144 Å². The van der Waals surface area contributed by atoms with Gasteiger partial charge >= 0.3 is 6.18 Å². The Bertz CT molecular complexity index is 5010. The summed E-state index contributed by atoms with van der Waals surface area (Å²) in [6, 6.07) is 70.9. The number of aryl methyl sites for hydroxylation is 1. The minimum atomic E-state index is -4.44. The number of amides is 4. The van der Waals surface area contributed by atoms with Crippen LogP contribution in [0.1, 0.15) is 52.6 Å². The van der Waals surface area contributed by atoms with Crippen LogP contribution in [0.15, 0.2) is 259 Å². The number of para-hydroxylation sites is 1. The second kappa shape index (κ2) is 34.4. The Morgan fingerprint density at radius 3 is 1.11 bits per heavy atom. The van der Waals surface area contributed by atoms with Crippen LogP contribution in [0.3, 0.4) is 0 Å². The van der Waals surface area contributed by atoms with E-state index in [1.54, 1.807) is 66.7 Å². The highest BCUT2D eigenvalue weighted by molar-refractivity contribution is 9.10. The van der Waals surface area contributed by atoms with Gasteiger partial charge in [-0.2, -0.15) is 13.2 Å². The Kier molecular flexibility index (Phi) is 25.6. The Labute approximate surface area is 621 Å². The van der Waals surface area contributed by atoms with Gasteiger partial charge in [0.05, 0.1) is 48.6 Å². The molecule has 0 aliphatic rings. The molecular formula is C78H53BrCl7F3N4O8. The zero-order chi connectivity index (χ0) is 72.7. The van der Waals surface area contributed by atoms with E-state index in [-0.39, 0.29) is 50.2 Å². The van der Waals surface area contributed by atoms with Gasteiger partial charge in [-0.15, -0.1) is 0 Å². The molecule has 0 aliphatic carbocycles.